The second-order valence-corrected chi connectivity index (χ2v) is 5.00. The first kappa shape index (κ1) is 14.2. The fourth-order valence-electron chi connectivity index (χ4n) is 2.21. The quantitative estimate of drug-likeness (QED) is 0.889. The molecule has 0 bridgehead atoms. The summed E-state index contributed by atoms with van der Waals surface area (Å²) in [5.74, 6) is 1.48. The predicted molar refractivity (Wildman–Crippen MR) is 74.7 cm³/mol. The summed E-state index contributed by atoms with van der Waals surface area (Å²) >= 11 is 0. The second-order valence-electron chi connectivity index (χ2n) is 5.00. The largest absolute Gasteiger partial charge is 0.493 e. The maximum absolute atomic E-state index is 5.86. The van der Waals surface area contributed by atoms with E-state index in [-0.39, 0.29) is 12.1 Å². The molecule has 1 heterocycles. The molecular weight excluding hydrogens is 242 g/mol. The third-order valence-electron chi connectivity index (χ3n) is 3.41. The molecule has 0 aromatic heterocycles. The molecular formula is C15H23NO3. The van der Waals surface area contributed by atoms with Gasteiger partial charge in [-0.2, -0.15) is 0 Å². The van der Waals surface area contributed by atoms with Crippen LogP contribution in [0.5, 0.6) is 11.5 Å². The topological polar surface area (TPSA) is 53.7 Å². The summed E-state index contributed by atoms with van der Waals surface area (Å²) in [4.78, 5) is 0. The van der Waals surface area contributed by atoms with Gasteiger partial charge in [0.15, 0.2) is 11.5 Å². The average molecular weight is 265 g/mol. The van der Waals surface area contributed by atoms with Crippen LogP contribution in [-0.4, -0.2) is 26.4 Å². The Labute approximate surface area is 114 Å². The third kappa shape index (κ3) is 3.85. The van der Waals surface area contributed by atoms with Gasteiger partial charge < -0.3 is 19.9 Å². The molecule has 2 rings (SSSR count). The fourth-order valence-corrected chi connectivity index (χ4v) is 2.21. The lowest BCUT2D eigenvalue weighted by Gasteiger charge is -2.23. The van der Waals surface area contributed by atoms with Gasteiger partial charge in [-0.05, 0) is 43.9 Å². The van der Waals surface area contributed by atoms with E-state index < -0.39 is 0 Å². The van der Waals surface area contributed by atoms with Crippen LogP contribution in [0.15, 0.2) is 18.2 Å². The van der Waals surface area contributed by atoms with Crippen LogP contribution in [0.1, 0.15) is 37.8 Å². The maximum atomic E-state index is 5.86. The van der Waals surface area contributed by atoms with Crippen LogP contribution in [0.3, 0.4) is 0 Å². The Bertz CT molecular complexity index is 400. The van der Waals surface area contributed by atoms with Crippen molar-refractivity contribution in [3.63, 3.8) is 0 Å². The van der Waals surface area contributed by atoms with Gasteiger partial charge in [0.1, 0.15) is 6.61 Å². The summed E-state index contributed by atoms with van der Waals surface area (Å²) in [6.07, 6.45) is 3.64. The highest BCUT2D eigenvalue weighted by molar-refractivity contribution is 5.43. The van der Waals surface area contributed by atoms with Crippen molar-refractivity contribution in [2.75, 3.05) is 20.3 Å². The zero-order valence-corrected chi connectivity index (χ0v) is 11.7. The number of hydrogen-bond acceptors (Lipinski definition) is 4. The van der Waals surface area contributed by atoms with Gasteiger partial charge in [-0.15, -0.1) is 0 Å². The van der Waals surface area contributed by atoms with E-state index in [4.69, 9.17) is 19.9 Å². The van der Waals surface area contributed by atoms with E-state index in [0.717, 1.165) is 36.5 Å². The number of methoxy groups -OCH3 is 1. The Morgan fingerprint density at radius 1 is 1.37 bits per heavy atom. The smallest absolute Gasteiger partial charge is 0.161 e. The maximum Gasteiger partial charge on any atom is 0.161 e. The summed E-state index contributed by atoms with van der Waals surface area (Å²) in [6.45, 7) is 3.37. The first-order chi connectivity index (χ1) is 9.20. The number of rotatable bonds is 5. The van der Waals surface area contributed by atoms with Crippen molar-refractivity contribution in [3.05, 3.63) is 23.8 Å². The molecule has 0 aliphatic carbocycles. The molecule has 0 spiro atoms. The molecule has 1 saturated heterocycles. The van der Waals surface area contributed by atoms with Crippen LogP contribution in [0.2, 0.25) is 0 Å². The molecule has 2 atom stereocenters. The normalized spacial score (nSPS) is 20.9. The van der Waals surface area contributed by atoms with Gasteiger partial charge in [0.05, 0.1) is 13.2 Å². The van der Waals surface area contributed by atoms with E-state index in [1.807, 2.05) is 25.1 Å². The molecule has 1 aliphatic rings. The van der Waals surface area contributed by atoms with Gasteiger partial charge in [-0.25, -0.2) is 0 Å². The van der Waals surface area contributed by atoms with E-state index in [1.165, 1.54) is 6.42 Å². The lowest BCUT2D eigenvalue weighted by atomic mass is 10.1. The van der Waals surface area contributed by atoms with E-state index in [1.54, 1.807) is 7.11 Å². The highest BCUT2D eigenvalue weighted by Crippen LogP contribution is 2.30. The van der Waals surface area contributed by atoms with Gasteiger partial charge in [0.25, 0.3) is 0 Å². The van der Waals surface area contributed by atoms with Gasteiger partial charge >= 0.3 is 0 Å². The molecule has 106 valence electrons. The van der Waals surface area contributed by atoms with Crippen LogP contribution in [0, 0.1) is 0 Å². The summed E-state index contributed by atoms with van der Waals surface area (Å²) in [7, 11) is 1.64. The molecule has 0 saturated carbocycles. The number of ether oxygens (including phenoxy) is 3. The van der Waals surface area contributed by atoms with E-state index in [0.29, 0.717) is 6.61 Å². The van der Waals surface area contributed by atoms with Crippen molar-refractivity contribution in [3.8, 4) is 11.5 Å². The lowest BCUT2D eigenvalue weighted by molar-refractivity contribution is -0.0114. The third-order valence-corrected chi connectivity index (χ3v) is 3.41. The Kier molecular flexibility index (Phi) is 5.05. The monoisotopic (exact) mass is 265 g/mol. The van der Waals surface area contributed by atoms with Crippen LogP contribution in [-0.2, 0) is 4.74 Å². The van der Waals surface area contributed by atoms with Crippen molar-refractivity contribution in [1.29, 1.82) is 0 Å². The minimum atomic E-state index is -0.00960. The van der Waals surface area contributed by atoms with E-state index in [9.17, 15) is 0 Å². The van der Waals surface area contributed by atoms with Crippen molar-refractivity contribution < 1.29 is 14.2 Å². The Hall–Kier alpha value is -1.26. The molecule has 2 N–H and O–H groups in total. The van der Waals surface area contributed by atoms with Crippen LogP contribution in [0.4, 0.5) is 0 Å². The molecule has 1 aliphatic heterocycles. The molecule has 19 heavy (non-hydrogen) atoms. The standard InChI is InChI=1S/C15H23NO3/c1-11(16)12-6-7-14(15(9-12)17-2)19-10-13-5-3-4-8-18-13/h6-7,9,11,13H,3-5,8,10,16H2,1-2H3. The minimum Gasteiger partial charge on any atom is -0.493 e. The molecule has 1 aromatic rings. The Morgan fingerprint density at radius 2 is 2.21 bits per heavy atom. The molecule has 4 nitrogen and oxygen atoms in total. The Morgan fingerprint density at radius 3 is 2.84 bits per heavy atom. The zero-order valence-electron chi connectivity index (χ0n) is 11.7. The SMILES string of the molecule is COc1cc(C(C)N)ccc1OCC1CCCCO1. The predicted octanol–water partition coefficient (Wildman–Crippen LogP) is 2.66. The lowest BCUT2D eigenvalue weighted by Crippen LogP contribution is -2.25. The van der Waals surface area contributed by atoms with Gasteiger partial charge in [-0.3, -0.25) is 0 Å². The van der Waals surface area contributed by atoms with Crippen molar-refractivity contribution in [1.82, 2.24) is 0 Å². The van der Waals surface area contributed by atoms with Crippen molar-refractivity contribution >= 4 is 0 Å². The fraction of sp³-hybridized carbons (Fsp3) is 0.600. The van der Waals surface area contributed by atoms with E-state index >= 15 is 0 Å². The number of hydrogen-bond donors (Lipinski definition) is 1. The minimum absolute atomic E-state index is 0.00960. The molecule has 2 unspecified atom stereocenters. The van der Waals surface area contributed by atoms with E-state index in [2.05, 4.69) is 0 Å². The molecule has 0 radical (unpaired) electrons. The van der Waals surface area contributed by atoms with Crippen molar-refractivity contribution in [2.45, 2.75) is 38.3 Å². The van der Waals surface area contributed by atoms with Crippen molar-refractivity contribution in [2.24, 2.45) is 5.73 Å². The summed E-state index contributed by atoms with van der Waals surface area (Å²) in [5, 5.41) is 0. The van der Waals surface area contributed by atoms with Gasteiger partial charge in [0.2, 0.25) is 0 Å². The number of nitrogens with two attached hydrogens (primary N) is 1. The molecule has 4 heteroatoms. The molecule has 1 fully saturated rings. The average Bonchev–Trinajstić information content (AvgIpc) is 2.45. The van der Waals surface area contributed by atoms with Crippen LogP contribution >= 0.6 is 0 Å². The summed E-state index contributed by atoms with van der Waals surface area (Å²) < 4.78 is 16.8. The first-order valence-electron chi connectivity index (χ1n) is 6.88. The molecule has 0 amide bonds. The van der Waals surface area contributed by atoms with Gasteiger partial charge in [0, 0.05) is 12.6 Å². The van der Waals surface area contributed by atoms with Crippen LogP contribution < -0.4 is 15.2 Å². The zero-order chi connectivity index (χ0) is 13.7. The van der Waals surface area contributed by atoms with Gasteiger partial charge in [-0.1, -0.05) is 6.07 Å². The first-order valence-corrected chi connectivity index (χ1v) is 6.88. The highest BCUT2D eigenvalue weighted by atomic mass is 16.5. The number of benzene rings is 1. The Balaban J connectivity index is 1.98. The highest BCUT2D eigenvalue weighted by Gasteiger charge is 2.16. The molecule has 1 aromatic carbocycles. The second kappa shape index (κ2) is 6.78. The summed E-state index contributed by atoms with van der Waals surface area (Å²) in [6, 6.07) is 5.82. The van der Waals surface area contributed by atoms with Crippen LogP contribution in [0.25, 0.3) is 0 Å². The summed E-state index contributed by atoms with van der Waals surface area (Å²) in [5.41, 5.74) is 6.90.